The van der Waals surface area contributed by atoms with Crippen molar-refractivity contribution in [2.75, 3.05) is 6.54 Å². The maximum atomic E-state index is 11.7. The first kappa shape index (κ1) is 14.8. The first-order valence-corrected chi connectivity index (χ1v) is 4.05. The van der Waals surface area contributed by atoms with Crippen LogP contribution in [0, 0.1) is 0 Å². The van der Waals surface area contributed by atoms with Crippen LogP contribution in [0.15, 0.2) is 16.7 Å². The fourth-order valence-corrected chi connectivity index (χ4v) is 0.889. The van der Waals surface area contributed by atoms with Gasteiger partial charge in [0, 0.05) is 0 Å². The van der Waals surface area contributed by atoms with E-state index in [4.69, 9.17) is 10.2 Å². The lowest BCUT2D eigenvalue weighted by Crippen LogP contribution is -2.33. The molecule has 1 amide bonds. The van der Waals surface area contributed by atoms with E-state index in [0.717, 1.165) is 6.26 Å². The third kappa shape index (κ3) is 4.54. The zero-order chi connectivity index (χ0) is 11.5. The summed E-state index contributed by atoms with van der Waals surface area (Å²) < 4.78 is 40.0. The Bertz CT molecular complexity index is 351. The average Bonchev–Trinajstić information content (AvgIpc) is 2.61. The number of nitrogens with two attached hydrogens (primary N) is 1. The number of carbonyl (C=O) groups is 1. The van der Waals surface area contributed by atoms with E-state index in [2.05, 4.69) is 0 Å². The summed E-state index contributed by atoms with van der Waals surface area (Å²) in [5.74, 6) is -0.497. The Labute approximate surface area is 95.4 Å². The van der Waals surface area contributed by atoms with E-state index >= 15 is 0 Å². The van der Waals surface area contributed by atoms with Gasteiger partial charge in [0.25, 0.3) is 5.91 Å². The molecule has 0 radical (unpaired) electrons. The van der Waals surface area contributed by atoms with E-state index in [1.54, 1.807) is 5.32 Å². The van der Waals surface area contributed by atoms with Crippen LogP contribution < -0.4 is 11.1 Å². The lowest BCUT2D eigenvalue weighted by atomic mass is 10.3. The van der Waals surface area contributed by atoms with Crippen molar-refractivity contribution in [1.29, 1.82) is 0 Å². The molecule has 0 aliphatic carbocycles. The number of alkyl halides is 3. The molecule has 0 spiro atoms. The first-order valence-electron chi connectivity index (χ1n) is 4.05. The number of amides is 1. The highest BCUT2D eigenvalue weighted by Crippen LogP contribution is 2.13. The monoisotopic (exact) mass is 258 g/mol. The van der Waals surface area contributed by atoms with Crippen LogP contribution in [0.4, 0.5) is 13.2 Å². The summed E-state index contributed by atoms with van der Waals surface area (Å²) in [7, 11) is 0. The van der Waals surface area contributed by atoms with Crippen molar-refractivity contribution in [3.63, 3.8) is 0 Å². The molecule has 1 aromatic rings. The Morgan fingerprint density at radius 3 is 2.56 bits per heavy atom. The number of hydrogen-bond acceptors (Lipinski definition) is 3. The third-order valence-corrected chi connectivity index (χ3v) is 1.57. The minimum absolute atomic E-state index is 0. The van der Waals surface area contributed by atoms with Gasteiger partial charge in [-0.15, -0.1) is 12.4 Å². The summed E-state index contributed by atoms with van der Waals surface area (Å²) in [6.07, 6.45) is -3.36. The third-order valence-electron chi connectivity index (χ3n) is 1.57. The van der Waals surface area contributed by atoms with Crippen LogP contribution >= 0.6 is 12.4 Å². The summed E-state index contributed by atoms with van der Waals surface area (Å²) in [4.78, 5) is 11.1. The Balaban J connectivity index is 0.00000225. The molecule has 16 heavy (non-hydrogen) atoms. The quantitative estimate of drug-likeness (QED) is 0.862. The van der Waals surface area contributed by atoms with Crippen molar-refractivity contribution >= 4 is 18.3 Å². The van der Waals surface area contributed by atoms with Crippen LogP contribution in [0.5, 0.6) is 0 Å². The van der Waals surface area contributed by atoms with Crippen LogP contribution in [0.25, 0.3) is 0 Å². The van der Waals surface area contributed by atoms with Gasteiger partial charge < -0.3 is 15.5 Å². The van der Waals surface area contributed by atoms with E-state index in [0.29, 0.717) is 5.76 Å². The zero-order valence-corrected chi connectivity index (χ0v) is 8.82. The van der Waals surface area contributed by atoms with Crippen molar-refractivity contribution in [2.45, 2.75) is 12.7 Å². The largest absolute Gasteiger partial charge is 0.467 e. The summed E-state index contributed by atoms with van der Waals surface area (Å²) in [5.41, 5.74) is 5.23. The Hall–Kier alpha value is -1.21. The van der Waals surface area contributed by atoms with E-state index in [-0.39, 0.29) is 24.5 Å². The molecule has 1 aromatic heterocycles. The molecule has 0 atom stereocenters. The van der Waals surface area contributed by atoms with Gasteiger partial charge in [0.05, 0.1) is 12.1 Å². The molecule has 0 saturated heterocycles. The maximum Gasteiger partial charge on any atom is 0.405 e. The molecule has 92 valence electrons. The maximum absolute atomic E-state index is 11.7. The molecule has 0 aliphatic rings. The molecule has 3 N–H and O–H groups in total. The van der Waals surface area contributed by atoms with Crippen molar-refractivity contribution < 1.29 is 22.4 Å². The van der Waals surface area contributed by atoms with Crippen molar-refractivity contribution in [1.82, 2.24) is 5.32 Å². The molecule has 1 rings (SSSR count). The number of hydrogen-bond donors (Lipinski definition) is 2. The number of furan rings is 1. The number of halogens is 4. The molecule has 1 heterocycles. The number of carbonyl (C=O) groups excluding carboxylic acids is 1. The summed E-state index contributed by atoms with van der Waals surface area (Å²) >= 11 is 0. The molecule has 0 aliphatic heterocycles. The Kier molecular flexibility index (Phi) is 5.32. The predicted octanol–water partition coefficient (Wildman–Crippen LogP) is 1.45. The smallest absolute Gasteiger partial charge is 0.405 e. The van der Waals surface area contributed by atoms with Crippen LogP contribution in [0.3, 0.4) is 0 Å². The van der Waals surface area contributed by atoms with Crippen LogP contribution in [-0.2, 0) is 6.54 Å². The van der Waals surface area contributed by atoms with E-state index < -0.39 is 18.6 Å². The zero-order valence-electron chi connectivity index (χ0n) is 8.00. The summed E-state index contributed by atoms with van der Waals surface area (Å²) in [6.45, 7) is -1.28. The molecule has 0 fully saturated rings. The van der Waals surface area contributed by atoms with Gasteiger partial charge >= 0.3 is 6.18 Å². The van der Waals surface area contributed by atoms with Crippen molar-refractivity contribution in [3.05, 3.63) is 23.7 Å². The second-order valence-corrected chi connectivity index (χ2v) is 2.80. The summed E-state index contributed by atoms with van der Waals surface area (Å²) in [5, 5.41) is 1.71. The summed E-state index contributed by atoms with van der Waals surface area (Å²) in [6, 6.07) is 1.30. The molecule has 4 nitrogen and oxygen atoms in total. The van der Waals surface area contributed by atoms with Gasteiger partial charge in [0.1, 0.15) is 18.6 Å². The van der Waals surface area contributed by atoms with E-state index in [1.807, 2.05) is 0 Å². The molecule has 0 bridgehead atoms. The minimum Gasteiger partial charge on any atom is -0.467 e. The Morgan fingerprint density at radius 2 is 2.12 bits per heavy atom. The molecule has 0 saturated carbocycles. The average molecular weight is 259 g/mol. The first-order chi connectivity index (χ1) is 6.92. The predicted molar refractivity (Wildman–Crippen MR) is 52.2 cm³/mol. The van der Waals surface area contributed by atoms with Crippen LogP contribution in [0.1, 0.15) is 16.1 Å². The second-order valence-electron chi connectivity index (χ2n) is 2.80. The number of nitrogens with one attached hydrogen (secondary N) is 1. The fourth-order valence-electron chi connectivity index (χ4n) is 0.889. The van der Waals surface area contributed by atoms with Gasteiger partial charge in [-0.1, -0.05) is 0 Å². The lowest BCUT2D eigenvalue weighted by Gasteiger charge is -2.06. The van der Waals surface area contributed by atoms with Gasteiger partial charge in [-0.05, 0) is 6.07 Å². The SMILES string of the molecule is Cl.NCc1cc(C(=O)NCC(F)(F)F)co1. The molecule has 0 aromatic carbocycles. The molecular weight excluding hydrogens is 249 g/mol. The van der Waals surface area contributed by atoms with Gasteiger partial charge in [0.15, 0.2) is 0 Å². The number of rotatable bonds is 3. The lowest BCUT2D eigenvalue weighted by molar-refractivity contribution is -0.123. The van der Waals surface area contributed by atoms with E-state index in [9.17, 15) is 18.0 Å². The van der Waals surface area contributed by atoms with Gasteiger partial charge in [0.2, 0.25) is 0 Å². The minimum atomic E-state index is -4.42. The molecular formula is C8H10ClF3N2O2. The standard InChI is InChI=1S/C8H9F3N2O2.ClH/c9-8(10,11)4-13-7(14)5-1-6(2-12)15-3-5;/h1,3H,2,4,12H2,(H,13,14);1H. The second kappa shape index (κ2) is 5.76. The molecule has 0 unspecified atom stereocenters. The van der Waals surface area contributed by atoms with Crippen LogP contribution in [-0.4, -0.2) is 18.6 Å². The topological polar surface area (TPSA) is 68.3 Å². The van der Waals surface area contributed by atoms with E-state index in [1.165, 1.54) is 6.07 Å². The highest BCUT2D eigenvalue weighted by atomic mass is 35.5. The van der Waals surface area contributed by atoms with Crippen LogP contribution in [0.2, 0.25) is 0 Å². The van der Waals surface area contributed by atoms with Gasteiger partial charge in [-0.3, -0.25) is 4.79 Å². The van der Waals surface area contributed by atoms with Gasteiger partial charge in [-0.25, -0.2) is 0 Å². The highest BCUT2D eigenvalue weighted by molar-refractivity contribution is 5.93. The van der Waals surface area contributed by atoms with Gasteiger partial charge in [-0.2, -0.15) is 13.2 Å². The Morgan fingerprint density at radius 1 is 1.50 bits per heavy atom. The van der Waals surface area contributed by atoms with Crippen molar-refractivity contribution in [3.8, 4) is 0 Å². The highest BCUT2D eigenvalue weighted by Gasteiger charge is 2.28. The van der Waals surface area contributed by atoms with Crippen molar-refractivity contribution in [2.24, 2.45) is 5.73 Å². The molecule has 8 heteroatoms. The normalized spacial score (nSPS) is 10.8. The fraction of sp³-hybridized carbons (Fsp3) is 0.375.